The molecule has 1 saturated heterocycles. The van der Waals surface area contributed by atoms with E-state index in [1.54, 1.807) is 34.1 Å². The summed E-state index contributed by atoms with van der Waals surface area (Å²) < 4.78 is 46.5. The van der Waals surface area contributed by atoms with Gasteiger partial charge in [-0.1, -0.05) is 18.6 Å². The van der Waals surface area contributed by atoms with E-state index in [2.05, 4.69) is 21.3 Å². The van der Waals surface area contributed by atoms with Crippen LogP contribution in [0.3, 0.4) is 0 Å². The van der Waals surface area contributed by atoms with Gasteiger partial charge in [-0.15, -0.1) is 0 Å². The first-order chi connectivity index (χ1) is 21.1. The number of benzene rings is 2. The van der Waals surface area contributed by atoms with Crippen LogP contribution in [0.2, 0.25) is 0 Å². The van der Waals surface area contributed by atoms with E-state index in [1.165, 1.54) is 6.20 Å². The highest BCUT2D eigenvalue weighted by atomic mass is 32.2. The molecule has 1 atom stereocenters. The largest absolute Gasteiger partial charge is 0.480 e. The zero-order chi connectivity index (χ0) is 31.9. The standard InChI is InChI=1S/C30H33FN6O6S/c1-4-35(5-2)29-32-20-26(37(6-3)44(41,42)24-15-11-22(31)12-16-24)27(34-29)33-25(28(38)39)19-21-9-13-23(14-10-21)43-30(40)36-17-7-8-18-36/h3,9-16,20,25H,4-5,7-8,17-19H2,1-2H3,(H,38,39)(H,32,33,34)/t25-/m0/s1. The van der Waals surface area contributed by atoms with Crippen LogP contribution in [0.4, 0.5) is 26.6 Å². The number of carboxylic acid groups (broad SMARTS) is 1. The monoisotopic (exact) mass is 624 g/mol. The average Bonchev–Trinajstić information content (AvgIpc) is 3.55. The number of likely N-dealkylation sites (tertiary alicyclic amines) is 1. The van der Waals surface area contributed by atoms with Crippen molar-refractivity contribution in [2.24, 2.45) is 0 Å². The fourth-order valence-electron chi connectivity index (χ4n) is 4.62. The number of sulfonamides is 1. The number of aromatic nitrogens is 2. The zero-order valence-corrected chi connectivity index (χ0v) is 25.1. The maximum Gasteiger partial charge on any atom is 0.415 e. The predicted octanol–water partition coefficient (Wildman–Crippen LogP) is 3.95. The number of carbonyl (C=O) groups is 2. The van der Waals surface area contributed by atoms with Gasteiger partial charge in [0, 0.05) is 38.6 Å². The molecule has 44 heavy (non-hydrogen) atoms. The van der Waals surface area contributed by atoms with Crippen LogP contribution in [-0.4, -0.2) is 72.7 Å². The molecule has 0 radical (unpaired) electrons. The Balaban J connectivity index is 1.64. The fourth-order valence-corrected chi connectivity index (χ4v) is 5.84. The summed E-state index contributed by atoms with van der Waals surface area (Å²) in [5.41, 5.74) is 0.404. The van der Waals surface area contributed by atoms with Crippen LogP contribution in [0, 0.1) is 18.3 Å². The smallest absolute Gasteiger partial charge is 0.415 e. The molecule has 12 nitrogen and oxygen atoms in total. The summed E-state index contributed by atoms with van der Waals surface area (Å²) in [5, 5.41) is 13.0. The third kappa shape index (κ3) is 7.35. The first kappa shape index (κ1) is 32.0. The number of amides is 1. The molecular weight excluding hydrogens is 591 g/mol. The number of rotatable bonds is 12. The molecule has 14 heteroatoms. The second kappa shape index (κ2) is 14.0. The molecule has 0 unspecified atom stereocenters. The highest BCUT2D eigenvalue weighted by Gasteiger charge is 2.30. The predicted molar refractivity (Wildman–Crippen MR) is 163 cm³/mol. The van der Waals surface area contributed by atoms with Gasteiger partial charge in [0.1, 0.15) is 23.3 Å². The summed E-state index contributed by atoms with van der Waals surface area (Å²) in [7, 11) is -4.42. The van der Waals surface area contributed by atoms with E-state index in [1.807, 2.05) is 13.8 Å². The van der Waals surface area contributed by atoms with Crippen molar-refractivity contribution in [1.29, 1.82) is 0 Å². The lowest BCUT2D eigenvalue weighted by atomic mass is 10.1. The molecule has 3 aromatic rings. The Morgan fingerprint density at radius 2 is 1.75 bits per heavy atom. The second-order valence-electron chi connectivity index (χ2n) is 9.87. The van der Waals surface area contributed by atoms with Crippen LogP contribution in [0.5, 0.6) is 5.75 Å². The number of halogens is 1. The topological polar surface area (TPSA) is 145 Å². The van der Waals surface area contributed by atoms with Gasteiger partial charge in [-0.05, 0) is 68.7 Å². The van der Waals surface area contributed by atoms with Gasteiger partial charge in [-0.25, -0.2) is 27.4 Å². The molecule has 2 N–H and O–H groups in total. The lowest BCUT2D eigenvalue weighted by Crippen LogP contribution is -2.34. The van der Waals surface area contributed by atoms with Crippen LogP contribution in [-0.2, 0) is 21.2 Å². The molecule has 0 bridgehead atoms. The Morgan fingerprint density at radius 3 is 2.32 bits per heavy atom. The number of carbonyl (C=O) groups excluding carboxylic acids is 1. The van der Waals surface area contributed by atoms with Crippen LogP contribution < -0.4 is 19.3 Å². The van der Waals surface area contributed by atoms with Crippen molar-refractivity contribution >= 4 is 39.5 Å². The number of nitrogens with zero attached hydrogens (tertiary/aromatic N) is 5. The van der Waals surface area contributed by atoms with E-state index in [-0.39, 0.29) is 28.8 Å². The van der Waals surface area contributed by atoms with E-state index in [0.717, 1.165) is 37.1 Å². The van der Waals surface area contributed by atoms with Crippen molar-refractivity contribution in [1.82, 2.24) is 14.9 Å². The van der Waals surface area contributed by atoms with E-state index < -0.39 is 33.9 Å². The molecule has 0 saturated carbocycles. The number of ether oxygens (including phenoxy) is 1. The Morgan fingerprint density at radius 1 is 1.11 bits per heavy atom. The Labute approximate surface area is 255 Å². The molecule has 1 aliphatic heterocycles. The van der Waals surface area contributed by atoms with Crippen molar-refractivity contribution in [3.63, 3.8) is 0 Å². The second-order valence-corrected chi connectivity index (χ2v) is 11.7. The molecule has 2 heterocycles. The van der Waals surface area contributed by atoms with Crippen LogP contribution in [0.15, 0.2) is 59.6 Å². The summed E-state index contributed by atoms with van der Waals surface area (Å²) in [6.07, 6.45) is 8.24. The van der Waals surface area contributed by atoms with Gasteiger partial charge < -0.3 is 25.0 Å². The molecule has 1 aliphatic rings. The Bertz CT molecular complexity index is 1620. The highest BCUT2D eigenvalue weighted by molar-refractivity contribution is 7.93. The molecule has 0 spiro atoms. The normalized spacial score (nSPS) is 13.5. The van der Waals surface area contributed by atoms with Crippen molar-refractivity contribution in [3.05, 3.63) is 66.1 Å². The van der Waals surface area contributed by atoms with Crippen LogP contribution >= 0.6 is 0 Å². The first-order valence-corrected chi connectivity index (χ1v) is 15.5. The van der Waals surface area contributed by atoms with Crippen molar-refractivity contribution < 1.29 is 32.2 Å². The lowest BCUT2D eigenvalue weighted by molar-refractivity contribution is -0.137. The highest BCUT2D eigenvalue weighted by Crippen LogP contribution is 2.31. The van der Waals surface area contributed by atoms with Crippen LogP contribution in [0.1, 0.15) is 32.3 Å². The fraction of sp³-hybridized carbons (Fsp3) is 0.333. The number of hydrogen-bond donors (Lipinski definition) is 2. The number of anilines is 3. The third-order valence-corrected chi connectivity index (χ3v) is 8.68. The summed E-state index contributed by atoms with van der Waals surface area (Å²) in [6, 6.07) is 11.4. The minimum absolute atomic E-state index is 0.0412. The quantitative estimate of drug-likeness (QED) is 0.224. The molecule has 2 aromatic carbocycles. The zero-order valence-electron chi connectivity index (χ0n) is 24.3. The first-order valence-electron chi connectivity index (χ1n) is 14.0. The average molecular weight is 625 g/mol. The number of terminal acetylenes is 1. The van der Waals surface area contributed by atoms with Crippen molar-refractivity contribution in [2.45, 2.75) is 44.0 Å². The number of carboxylic acids is 1. The SMILES string of the molecule is C#CN(c1cnc(N(CC)CC)nc1N[C@@H](Cc1ccc(OC(=O)N2CCCC2)cc1)C(=O)O)S(=O)(=O)c1ccc(F)cc1. The van der Waals surface area contributed by atoms with Gasteiger partial charge in [0.15, 0.2) is 5.82 Å². The van der Waals surface area contributed by atoms with Crippen molar-refractivity contribution in [2.75, 3.05) is 40.7 Å². The lowest BCUT2D eigenvalue weighted by Gasteiger charge is -2.25. The van der Waals surface area contributed by atoms with E-state index in [4.69, 9.17) is 11.2 Å². The van der Waals surface area contributed by atoms with Gasteiger partial charge >= 0.3 is 12.1 Å². The maximum atomic E-state index is 13.5. The Hall–Kier alpha value is -4.90. The maximum absolute atomic E-state index is 13.5. The molecule has 232 valence electrons. The number of nitrogens with one attached hydrogen (secondary N) is 1. The molecule has 0 aliphatic carbocycles. The molecule has 1 amide bonds. The summed E-state index contributed by atoms with van der Waals surface area (Å²) in [6.45, 7) is 6.11. The van der Waals surface area contributed by atoms with E-state index in [9.17, 15) is 27.5 Å². The Kier molecular flexibility index (Phi) is 10.2. The van der Waals surface area contributed by atoms with Gasteiger partial charge in [-0.2, -0.15) is 9.29 Å². The van der Waals surface area contributed by atoms with Gasteiger partial charge in [0.05, 0.1) is 11.1 Å². The minimum Gasteiger partial charge on any atom is -0.480 e. The number of aliphatic carboxylic acids is 1. The van der Waals surface area contributed by atoms with E-state index in [0.29, 0.717) is 41.8 Å². The molecule has 1 fully saturated rings. The van der Waals surface area contributed by atoms with Crippen molar-refractivity contribution in [3.8, 4) is 18.2 Å². The summed E-state index contributed by atoms with van der Waals surface area (Å²) >= 11 is 0. The number of hydrogen-bond acceptors (Lipinski definition) is 9. The molecule has 4 rings (SSSR count). The van der Waals surface area contributed by atoms with E-state index >= 15 is 0 Å². The van der Waals surface area contributed by atoms with Crippen LogP contribution in [0.25, 0.3) is 0 Å². The minimum atomic E-state index is -4.42. The molecular formula is C30H33FN6O6S. The van der Waals surface area contributed by atoms with Gasteiger partial charge in [-0.3, -0.25) is 0 Å². The summed E-state index contributed by atoms with van der Waals surface area (Å²) in [4.78, 5) is 36.6. The molecule has 1 aromatic heterocycles. The van der Waals surface area contributed by atoms with Gasteiger partial charge in [0.2, 0.25) is 5.95 Å². The third-order valence-electron chi connectivity index (χ3n) is 7.03. The van der Waals surface area contributed by atoms with Gasteiger partial charge in [0.25, 0.3) is 10.0 Å². The summed E-state index contributed by atoms with van der Waals surface area (Å²) in [5.74, 6) is -1.45.